The molecule has 1 aromatic heterocycles. The molecule has 2 aliphatic heterocycles. The smallest absolute Gasteiger partial charge is 0.225 e. The third-order valence-corrected chi connectivity index (χ3v) is 6.12. The van der Waals surface area contributed by atoms with E-state index in [4.69, 9.17) is 4.42 Å². The topological polar surface area (TPSA) is 36.7 Å². The van der Waals surface area contributed by atoms with Crippen LogP contribution in [0.25, 0.3) is 0 Å². The highest BCUT2D eigenvalue weighted by Crippen LogP contribution is 2.41. The maximum absolute atomic E-state index is 12.5. The van der Waals surface area contributed by atoms with E-state index < -0.39 is 0 Å². The first-order chi connectivity index (χ1) is 11.1. The van der Waals surface area contributed by atoms with Gasteiger partial charge in [0.25, 0.3) is 0 Å². The Kier molecular flexibility index (Phi) is 3.96. The van der Waals surface area contributed by atoms with Gasteiger partial charge in [-0.25, -0.2) is 0 Å². The lowest BCUT2D eigenvalue weighted by Gasteiger charge is -2.40. The molecule has 0 aromatic carbocycles. The molecule has 3 heterocycles. The second-order valence-corrected chi connectivity index (χ2v) is 7.96. The predicted molar refractivity (Wildman–Crippen MR) is 88.9 cm³/mol. The number of hydrogen-bond acceptors (Lipinski definition) is 3. The second kappa shape index (κ2) is 5.97. The maximum Gasteiger partial charge on any atom is 0.225 e. The van der Waals surface area contributed by atoms with Crippen molar-refractivity contribution in [3.05, 3.63) is 23.7 Å². The van der Waals surface area contributed by atoms with Crippen LogP contribution in [0.2, 0.25) is 0 Å². The number of aryl methyl sites for hydroxylation is 1. The first kappa shape index (κ1) is 15.3. The van der Waals surface area contributed by atoms with Gasteiger partial charge in [-0.05, 0) is 57.7 Å². The largest absolute Gasteiger partial charge is 0.465 e. The van der Waals surface area contributed by atoms with Crippen LogP contribution in [-0.4, -0.2) is 41.9 Å². The van der Waals surface area contributed by atoms with E-state index >= 15 is 0 Å². The number of amides is 1. The number of carbonyl (C=O) groups excluding carboxylic acids is 1. The van der Waals surface area contributed by atoms with Crippen molar-refractivity contribution in [2.24, 2.45) is 11.3 Å². The van der Waals surface area contributed by atoms with Gasteiger partial charge in [-0.2, -0.15) is 0 Å². The standard InChI is InChI=1S/C19H28N2O2/c1-15-6-7-17(23-15)12-20-10-3-8-19(13-20)9-11-21(14-19)18(22)16-4-2-5-16/h6-7,16H,2-5,8-14H2,1H3/t19-/m1/s1. The number of nitrogens with zero attached hydrogens (tertiary/aromatic N) is 2. The molecule has 4 nitrogen and oxygen atoms in total. The fourth-order valence-electron chi connectivity index (χ4n) is 4.61. The lowest BCUT2D eigenvalue weighted by Crippen LogP contribution is -2.46. The van der Waals surface area contributed by atoms with Crippen LogP contribution >= 0.6 is 0 Å². The Morgan fingerprint density at radius 2 is 2.09 bits per heavy atom. The van der Waals surface area contributed by atoms with Gasteiger partial charge in [0.05, 0.1) is 6.54 Å². The van der Waals surface area contributed by atoms with Gasteiger partial charge in [-0.3, -0.25) is 9.69 Å². The van der Waals surface area contributed by atoms with Crippen molar-refractivity contribution < 1.29 is 9.21 Å². The molecule has 0 bridgehead atoms. The van der Waals surface area contributed by atoms with Crippen LogP contribution in [0.4, 0.5) is 0 Å². The lowest BCUT2D eigenvalue weighted by atomic mass is 9.79. The molecule has 0 radical (unpaired) electrons. The van der Waals surface area contributed by atoms with E-state index in [1.807, 2.05) is 13.0 Å². The fraction of sp³-hybridized carbons (Fsp3) is 0.737. The van der Waals surface area contributed by atoms with E-state index in [2.05, 4.69) is 15.9 Å². The SMILES string of the molecule is Cc1ccc(CN2CCC[C@@]3(CCN(C(=O)C4CCC4)C3)C2)o1. The van der Waals surface area contributed by atoms with Crippen LogP contribution in [0.5, 0.6) is 0 Å². The quantitative estimate of drug-likeness (QED) is 0.859. The molecule has 3 fully saturated rings. The Bertz CT molecular complexity index is 578. The molecule has 0 unspecified atom stereocenters. The molecule has 1 aromatic rings. The molecule has 2 saturated heterocycles. The molecule has 4 heteroatoms. The van der Waals surface area contributed by atoms with Crippen molar-refractivity contribution in [1.82, 2.24) is 9.80 Å². The molecule has 1 saturated carbocycles. The lowest BCUT2D eigenvalue weighted by molar-refractivity contribution is -0.137. The Morgan fingerprint density at radius 3 is 2.78 bits per heavy atom. The molecule has 1 atom stereocenters. The number of furan rings is 1. The summed E-state index contributed by atoms with van der Waals surface area (Å²) < 4.78 is 5.74. The van der Waals surface area contributed by atoms with Crippen LogP contribution in [0.15, 0.2) is 16.5 Å². The van der Waals surface area contributed by atoms with Crippen molar-refractivity contribution in [2.45, 2.75) is 52.0 Å². The summed E-state index contributed by atoms with van der Waals surface area (Å²) in [5, 5.41) is 0. The van der Waals surface area contributed by atoms with Gasteiger partial charge in [0.1, 0.15) is 11.5 Å². The Balaban J connectivity index is 1.37. The Morgan fingerprint density at radius 1 is 1.22 bits per heavy atom. The number of likely N-dealkylation sites (tertiary alicyclic amines) is 2. The zero-order valence-corrected chi connectivity index (χ0v) is 14.2. The monoisotopic (exact) mass is 316 g/mol. The van der Waals surface area contributed by atoms with E-state index in [-0.39, 0.29) is 0 Å². The van der Waals surface area contributed by atoms with E-state index in [0.717, 1.165) is 57.1 Å². The van der Waals surface area contributed by atoms with E-state index in [9.17, 15) is 4.79 Å². The van der Waals surface area contributed by atoms with Crippen LogP contribution < -0.4 is 0 Å². The molecule has 4 rings (SSSR count). The summed E-state index contributed by atoms with van der Waals surface area (Å²) in [7, 11) is 0. The Hall–Kier alpha value is -1.29. The molecule has 1 aliphatic carbocycles. The highest BCUT2D eigenvalue weighted by Gasteiger charge is 2.44. The molecule has 23 heavy (non-hydrogen) atoms. The molecule has 3 aliphatic rings. The zero-order chi connectivity index (χ0) is 15.9. The van der Waals surface area contributed by atoms with E-state index in [1.165, 1.54) is 25.7 Å². The van der Waals surface area contributed by atoms with Crippen molar-refractivity contribution in [3.63, 3.8) is 0 Å². The molecule has 0 N–H and O–H groups in total. The average Bonchev–Trinajstić information content (AvgIpc) is 3.04. The van der Waals surface area contributed by atoms with E-state index in [1.54, 1.807) is 0 Å². The van der Waals surface area contributed by atoms with Gasteiger partial charge >= 0.3 is 0 Å². The summed E-state index contributed by atoms with van der Waals surface area (Å²) in [6, 6.07) is 4.14. The first-order valence-electron chi connectivity index (χ1n) is 9.20. The van der Waals surface area contributed by atoms with Crippen LogP contribution in [-0.2, 0) is 11.3 Å². The van der Waals surface area contributed by atoms with Crippen molar-refractivity contribution in [2.75, 3.05) is 26.2 Å². The minimum atomic E-state index is 0.333. The van der Waals surface area contributed by atoms with Gasteiger partial charge in [-0.1, -0.05) is 6.42 Å². The third-order valence-electron chi connectivity index (χ3n) is 6.12. The minimum Gasteiger partial charge on any atom is -0.465 e. The van der Waals surface area contributed by atoms with Crippen LogP contribution in [0.1, 0.15) is 50.0 Å². The summed E-state index contributed by atoms with van der Waals surface area (Å²) >= 11 is 0. The maximum atomic E-state index is 12.5. The van der Waals surface area contributed by atoms with Crippen molar-refractivity contribution >= 4 is 5.91 Å². The highest BCUT2D eigenvalue weighted by molar-refractivity contribution is 5.80. The summed E-state index contributed by atoms with van der Waals surface area (Å²) in [5.41, 5.74) is 0.333. The minimum absolute atomic E-state index is 0.333. The molecule has 1 amide bonds. The van der Waals surface area contributed by atoms with Gasteiger partial charge < -0.3 is 9.32 Å². The Labute approximate surface area is 138 Å². The molecule has 126 valence electrons. The normalized spacial score (nSPS) is 29.2. The van der Waals surface area contributed by atoms with Gasteiger partial charge in [0.2, 0.25) is 5.91 Å². The number of piperidine rings is 1. The number of carbonyl (C=O) groups is 1. The summed E-state index contributed by atoms with van der Waals surface area (Å²) in [4.78, 5) is 17.2. The predicted octanol–water partition coefficient (Wildman–Crippen LogP) is 3.20. The summed E-state index contributed by atoms with van der Waals surface area (Å²) in [5.74, 6) is 2.84. The third kappa shape index (κ3) is 3.06. The molecule has 1 spiro atoms. The number of rotatable bonds is 3. The average molecular weight is 316 g/mol. The van der Waals surface area contributed by atoms with Crippen molar-refractivity contribution in [1.29, 1.82) is 0 Å². The van der Waals surface area contributed by atoms with Gasteiger partial charge in [-0.15, -0.1) is 0 Å². The first-order valence-corrected chi connectivity index (χ1v) is 9.20. The van der Waals surface area contributed by atoms with Crippen LogP contribution in [0, 0.1) is 18.3 Å². The van der Waals surface area contributed by atoms with Crippen molar-refractivity contribution in [3.8, 4) is 0 Å². The van der Waals surface area contributed by atoms with Gasteiger partial charge in [0.15, 0.2) is 0 Å². The summed E-state index contributed by atoms with van der Waals surface area (Å²) in [6.07, 6.45) is 7.17. The second-order valence-electron chi connectivity index (χ2n) is 7.96. The van der Waals surface area contributed by atoms with Crippen LogP contribution in [0.3, 0.4) is 0 Å². The van der Waals surface area contributed by atoms with E-state index in [0.29, 0.717) is 17.2 Å². The fourth-order valence-corrected chi connectivity index (χ4v) is 4.61. The zero-order valence-electron chi connectivity index (χ0n) is 14.2. The molecular weight excluding hydrogens is 288 g/mol. The highest BCUT2D eigenvalue weighted by atomic mass is 16.3. The number of hydrogen-bond donors (Lipinski definition) is 0. The summed E-state index contributed by atoms with van der Waals surface area (Å²) in [6.45, 7) is 7.13. The molecular formula is C19H28N2O2. The van der Waals surface area contributed by atoms with Gasteiger partial charge in [0, 0.05) is 31.0 Å².